The van der Waals surface area contributed by atoms with Gasteiger partial charge in [-0.05, 0) is 0 Å². The van der Waals surface area contributed by atoms with Crippen LogP contribution < -0.4 is 5.32 Å². The predicted octanol–water partition coefficient (Wildman–Crippen LogP) is 0.824. The lowest BCUT2D eigenvalue weighted by molar-refractivity contribution is -0.139. The van der Waals surface area contributed by atoms with Crippen molar-refractivity contribution < 1.29 is 32.6 Å². The van der Waals surface area contributed by atoms with Crippen LogP contribution in [0.15, 0.2) is 0 Å². The molecule has 110 valence electrons. The van der Waals surface area contributed by atoms with Crippen LogP contribution in [0, 0.1) is 0 Å². The summed E-state index contributed by atoms with van der Waals surface area (Å²) in [5, 5.41) is 10.8. The molecular formula is C10H15F3N2O4. The van der Waals surface area contributed by atoms with Gasteiger partial charge in [-0.1, -0.05) is 0 Å². The summed E-state index contributed by atoms with van der Waals surface area (Å²) in [4.78, 5) is 23.5. The quantitative estimate of drug-likeness (QED) is 0.801. The zero-order chi connectivity index (χ0) is 14.5. The van der Waals surface area contributed by atoms with Gasteiger partial charge in [-0.15, -0.1) is 0 Å². The molecule has 0 bridgehead atoms. The molecule has 0 aliphatic carbocycles. The van der Waals surface area contributed by atoms with E-state index in [9.17, 15) is 22.8 Å². The molecule has 2 amide bonds. The average Bonchev–Trinajstić information content (AvgIpc) is 2.27. The number of ether oxygens (including phenoxy) is 1. The highest BCUT2D eigenvalue weighted by molar-refractivity contribution is 5.76. The second kappa shape index (κ2) is 6.60. The van der Waals surface area contributed by atoms with Gasteiger partial charge in [0.25, 0.3) is 0 Å². The van der Waals surface area contributed by atoms with Gasteiger partial charge in [-0.3, -0.25) is 4.79 Å². The Morgan fingerprint density at radius 1 is 1.42 bits per heavy atom. The number of nitrogens with zero attached hydrogens (tertiary/aromatic N) is 1. The molecule has 0 radical (unpaired) electrons. The first-order valence-corrected chi connectivity index (χ1v) is 5.70. The lowest BCUT2D eigenvalue weighted by Gasteiger charge is -2.34. The summed E-state index contributed by atoms with van der Waals surface area (Å²) in [5.41, 5.74) is 0. The molecule has 0 aromatic rings. The van der Waals surface area contributed by atoms with Crippen molar-refractivity contribution in [2.45, 2.75) is 25.1 Å². The van der Waals surface area contributed by atoms with Crippen LogP contribution in [0.4, 0.5) is 18.0 Å². The molecule has 9 heteroatoms. The Morgan fingerprint density at radius 2 is 2.11 bits per heavy atom. The SMILES string of the molecule is O=C(O)CC1COCCN1C(=O)NCCC(F)(F)F. The number of hydrogen-bond acceptors (Lipinski definition) is 3. The van der Waals surface area contributed by atoms with Crippen LogP contribution in [-0.4, -0.2) is 60.5 Å². The van der Waals surface area contributed by atoms with Crippen molar-refractivity contribution in [3.05, 3.63) is 0 Å². The van der Waals surface area contributed by atoms with Gasteiger partial charge in [0.15, 0.2) is 0 Å². The van der Waals surface area contributed by atoms with E-state index < -0.39 is 37.2 Å². The van der Waals surface area contributed by atoms with Crippen LogP contribution in [-0.2, 0) is 9.53 Å². The first-order valence-electron chi connectivity index (χ1n) is 5.70. The van der Waals surface area contributed by atoms with E-state index in [0.717, 1.165) is 0 Å². The van der Waals surface area contributed by atoms with Crippen LogP contribution in [0.2, 0.25) is 0 Å². The van der Waals surface area contributed by atoms with E-state index >= 15 is 0 Å². The Hall–Kier alpha value is -1.51. The number of nitrogens with one attached hydrogen (secondary N) is 1. The molecule has 1 aliphatic heterocycles. The molecule has 6 nitrogen and oxygen atoms in total. The van der Waals surface area contributed by atoms with Crippen molar-refractivity contribution in [1.82, 2.24) is 10.2 Å². The van der Waals surface area contributed by atoms with Gasteiger partial charge in [0.2, 0.25) is 0 Å². The fourth-order valence-corrected chi connectivity index (χ4v) is 1.71. The number of aliphatic carboxylic acids is 1. The minimum absolute atomic E-state index is 0.0684. The predicted molar refractivity (Wildman–Crippen MR) is 57.6 cm³/mol. The summed E-state index contributed by atoms with van der Waals surface area (Å²) in [6.07, 6.45) is -5.75. The highest BCUT2D eigenvalue weighted by Gasteiger charge is 2.30. The largest absolute Gasteiger partial charge is 0.481 e. The van der Waals surface area contributed by atoms with Crippen molar-refractivity contribution in [2.24, 2.45) is 0 Å². The standard InChI is InChI=1S/C10H15F3N2O4/c11-10(12,13)1-2-14-9(18)15-3-4-19-6-7(15)5-8(16)17/h7H,1-6H2,(H,14,18)(H,16,17). The van der Waals surface area contributed by atoms with Crippen molar-refractivity contribution in [2.75, 3.05) is 26.3 Å². The van der Waals surface area contributed by atoms with E-state index in [-0.39, 0.29) is 26.2 Å². The maximum atomic E-state index is 11.9. The Morgan fingerprint density at radius 3 is 2.68 bits per heavy atom. The van der Waals surface area contributed by atoms with E-state index in [4.69, 9.17) is 9.84 Å². The summed E-state index contributed by atoms with van der Waals surface area (Å²) in [7, 11) is 0. The van der Waals surface area contributed by atoms with E-state index in [2.05, 4.69) is 5.32 Å². The molecule has 0 aromatic heterocycles. The molecular weight excluding hydrogens is 269 g/mol. The molecule has 1 aliphatic rings. The molecule has 1 fully saturated rings. The number of carbonyl (C=O) groups excluding carboxylic acids is 1. The first-order chi connectivity index (χ1) is 8.79. The summed E-state index contributed by atoms with van der Waals surface area (Å²) < 4.78 is 40.9. The number of alkyl halides is 3. The van der Waals surface area contributed by atoms with Gasteiger partial charge in [0.1, 0.15) is 0 Å². The zero-order valence-corrected chi connectivity index (χ0v) is 10.1. The van der Waals surface area contributed by atoms with Crippen LogP contribution in [0.3, 0.4) is 0 Å². The molecule has 19 heavy (non-hydrogen) atoms. The number of carboxylic acids is 1. The number of amides is 2. The van der Waals surface area contributed by atoms with Crippen molar-refractivity contribution in [1.29, 1.82) is 0 Å². The number of morpholine rings is 1. The average molecular weight is 284 g/mol. The molecule has 1 heterocycles. The van der Waals surface area contributed by atoms with E-state index in [1.165, 1.54) is 4.90 Å². The second-order valence-electron chi connectivity index (χ2n) is 4.12. The highest BCUT2D eigenvalue weighted by atomic mass is 19.4. The van der Waals surface area contributed by atoms with Gasteiger partial charge in [0.05, 0.1) is 32.1 Å². The number of halogens is 3. The Bertz CT molecular complexity index is 335. The molecule has 0 spiro atoms. The Balaban J connectivity index is 2.45. The molecule has 1 rings (SSSR count). The minimum atomic E-state index is -4.33. The zero-order valence-electron chi connectivity index (χ0n) is 10.1. The molecule has 1 atom stereocenters. The maximum absolute atomic E-state index is 11.9. The smallest absolute Gasteiger partial charge is 0.390 e. The molecule has 1 saturated heterocycles. The Labute approximate surface area is 107 Å². The third-order valence-corrected chi connectivity index (χ3v) is 2.58. The van der Waals surface area contributed by atoms with Gasteiger partial charge in [-0.25, -0.2) is 4.79 Å². The van der Waals surface area contributed by atoms with Gasteiger partial charge >= 0.3 is 18.2 Å². The Kier molecular flexibility index (Phi) is 5.40. The highest BCUT2D eigenvalue weighted by Crippen LogP contribution is 2.18. The normalized spacial score (nSPS) is 20.2. The number of urea groups is 1. The van der Waals surface area contributed by atoms with Crippen molar-refractivity contribution >= 4 is 12.0 Å². The molecule has 0 aromatic carbocycles. The fraction of sp³-hybridized carbons (Fsp3) is 0.800. The van der Waals surface area contributed by atoms with Crippen LogP contribution in [0.1, 0.15) is 12.8 Å². The van der Waals surface area contributed by atoms with Gasteiger partial charge in [0, 0.05) is 13.1 Å². The number of carboxylic acid groups (broad SMARTS) is 1. The maximum Gasteiger partial charge on any atom is 0.390 e. The summed E-state index contributed by atoms with van der Waals surface area (Å²) in [6.45, 7) is -0.0585. The second-order valence-corrected chi connectivity index (χ2v) is 4.12. The van der Waals surface area contributed by atoms with Gasteiger partial charge < -0.3 is 20.1 Å². The lowest BCUT2D eigenvalue weighted by atomic mass is 10.1. The lowest BCUT2D eigenvalue weighted by Crippen LogP contribution is -2.53. The van der Waals surface area contributed by atoms with Crippen LogP contribution in [0.5, 0.6) is 0 Å². The summed E-state index contributed by atoms with van der Waals surface area (Å²) in [6, 6.07) is -1.35. The first kappa shape index (κ1) is 15.5. The molecule has 0 saturated carbocycles. The van der Waals surface area contributed by atoms with Crippen molar-refractivity contribution in [3.8, 4) is 0 Å². The summed E-state index contributed by atoms with van der Waals surface area (Å²) in [5.74, 6) is -1.09. The molecule has 1 unspecified atom stereocenters. The number of carbonyl (C=O) groups is 2. The van der Waals surface area contributed by atoms with Crippen LogP contribution in [0.25, 0.3) is 0 Å². The summed E-state index contributed by atoms with van der Waals surface area (Å²) >= 11 is 0. The monoisotopic (exact) mass is 284 g/mol. The topological polar surface area (TPSA) is 78.9 Å². The minimum Gasteiger partial charge on any atom is -0.481 e. The van der Waals surface area contributed by atoms with E-state index in [1.807, 2.05) is 0 Å². The van der Waals surface area contributed by atoms with E-state index in [1.54, 1.807) is 0 Å². The number of rotatable bonds is 4. The third-order valence-electron chi connectivity index (χ3n) is 2.58. The third kappa shape index (κ3) is 5.77. The number of hydrogen-bond donors (Lipinski definition) is 2. The van der Waals surface area contributed by atoms with Crippen molar-refractivity contribution in [3.63, 3.8) is 0 Å². The fourth-order valence-electron chi connectivity index (χ4n) is 1.71. The van der Waals surface area contributed by atoms with Crippen LogP contribution >= 0.6 is 0 Å². The van der Waals surface area contributed by atoms with E-state index in [0.29, 0.717) is 0 Å². The molecule has 2 N–H and O–H groups in total. The van der Waals surface area contributed by atoms with Gasteiger partial charge in [-0.2, -0.15) is 13.2 Å².